The number of imidazole rings is 1. The number of aromatic nitrogens is 2. The van der Waals surface area contributed by atoms with Gasteiger partial charge in [0.15, 0.2) is 0 Å². The molecule has 0 atom stereocenters. The van der Waals surface area contributed by atoms with E-state index in [2.05, 4.69) is 9.97 Å². The first-order valence-electron chi connectivity index (χ1n) is 5.79. The SMILES string of the molecule is NC1CC(c2ncc(-c3ccccc3F)[nH]2)C1. The maximum absolute atomic E-state index is 13.6. The van der Waals surface area contributed by atoms with Gasteiger partial charge in [-0.3, -0.25) is 0 Å². The Kier molecular flexibility index (Phi) is 2.44. The highest BCUT2D eigenvalue weighted by molar-refractivity contribution is 5.59. The van der Waals surface area contributed by atoms with Gasteiger partial charge in [0.25, 0.3) is 0 Å². The number of hydrogen-bond donors (Lipinski definition) is 2. The average molecular weight is 231 g/mol. The first kappa shape index (κ1) is 10.5. The molecular weight excluding hydrogens is 217 g/mol. The molecule has 88 valence electrons. The summed E-state index contributed by atoms with van der Waals surface area (Å²) in [6.07, 6.45) is 3.62. The number of nitrogens with one attached hydrogen (secondary N) is 1. The summed E-state index contributed by atoms with van der Waals surface area (Å²) in [4.78, 5) is 7.50. The van der Waals surface area contributed by atoms with Crippen molar-refractivity contribution in [3.05, 3.63) is 42.1 Å². The molecule has 0 unspecified atom stereocenters. The van der Waals surface area contributed by atoms with Crippen LogP contribution >= 0.6 is 0 Å². The van der Waals surface area contributed by atoms with E-state index in [4.69, 9.17) is 5.73 Å². The zero-order valence-electron chi connectivity index (χ0n) is 9.36. The molecule has 3 nitrogen and oxygen atoms in total. The Morgan fingerprint density at radius 2 is 2.06 bits per heavy atom. The van der Waals surface area contributed by atoms with Gasteiger partial charge >= 0.3 is 0 Å². The minimum absolute atomic E-state index is 0.229. The lowest BCUT2D eigenvalue weighted by Gasteiger charge is -2.30. The molecule has 0 radical (unpaired) electrons. The number of hydrogen-bond acceptors (Lipinski definition) is 2. The standard InChI is InChI=1S/C13H14FN3/c14-11-4-2-1-3-10(11)12-7-16-13(17-12)8-5-9(15)6-8/h1-4,7-9H,5-6,15H2,(H,16,17). The van der Waals surface area contributed by atoms with Gasteiger partial charge in [-0.05, 0) is 25.0 Å². The summed E-state index contributed by atoms with van der Waals surface area (Å²) in [6, 6.07) is 7.00. The van der Waals surface area contributed by atoms with E-state index in [9.17, 15) is 4.39 Å². The van der Waals surface area contributed by atoms with Crippen molar-refractivity contribution in [1.82, 2.24) is 9.97 Å². The van der Waals surface area contributed by atoms with Gasteiger partial charge < -0.3 is 10.7 Å². The minimum Gasteiger partial charge on any atom is -0.342 e. The number of nitrogens with zero attached hydrogens (tertiary/aromatic N) is 1. The van der Waals surface area contributed by atoms with Gasteiger partial charge in [-0.25, -0.2) is 9.37 Å². The van der Waals surface area contributed by atoms with Crippen LogP contribution in [0.4, 0.5) is 4.39 Å². The molecule has 3 rings (SSSR count). The summed E-state index contributed by atoms with van der Waals surface area (Å²) >= 11 is 0. The molecule has 1 aliphatic rings. The fourth-order valence-corrected chi connectivity index (χ4v) is 2.25. The Bertz CT molecular complexity index is 529. The lowest BCUT2D eigenvalue weighted by Crippen LogP contribution is -2.35. The van der Waals surface area contributed by atoms with Crippen molar-refractivity contribution in [3.63, 3.8) is 0 Å². The third kappa shape index (κ3) is 1.85. The number of rotatable bonds is 2. The Morgan fingerprint density at radius 1 is 1.29 bits per heavy atom. The largest absolute Gasteiger partial charge is 0.342 e. The third-order valence-electron chi connectivity index (χ3n) is 3.32. The maximum atomic E-state index is 13.6. The molecule has 1 aromatic carbocycles. The second-order valence-electron chi connectivity index (χ2n) is 4.59. The molecule has 0 spiro atoms. The lowest BCUT2D eigenvalue weighted by molar-refractivity contribution is 0.340. The van der Waals surface area contributed by atoms with Crippen molar-refractivity contribution in [3.8, 4) is 11.3 Å². The molecule has 0 aliphatic heterocycles. The Morgan fingerprint density at radius 3 is 2.76 bits per heavy atom. The van der Waals surface area contributed by atoms with Crippen LogP contribution in [0.15, 0.2) is 30.5 Å². The molecule has 3 N–H and O–H groups in total. The second-order valence-corrected chi connectivity index (χ2v) is 4.59. The molecule has 0 bridgehead atoms. The summed E-state index contributed by atoms with van der Waals surface area (Å²) in [5.41, 5.74) is 7.05. The van der Waals surface area contributed by atoms with Crippen LogP contribution in [0.25, 0.3) is 11.3 Å². The molecule has 0 saturated heterocycles. The predicted molar refractivity (Wildman–Crippen MR) is 63.9 cm³/mol. The van der Waals surface area contributed by atoms with E-state index in [1.54, 1.807) is 18.3 Å². The van der Waals surface area contributed by atoms with Crippen LogP contribution in [-0.4, -0.2) is 16.0 Å². The van der Waals surface area contributed by atoms with Crippen molar-refractivity contribution in [1.29, 1.82) is 0 Å². The first-order valence-corrected chi connectivity index (χ1v) is 5.79. The van der Waals surface area contributed by atoms with E-state index in [-0.39, 0.29) is 5.82 Å². The van der Waals surface area contributed by atoms with E-state index >= 15 is 0 Å². The van der Waals surface area contributed by atoms with Crippen molar-refractivity contribution < 1.29 is 4.39 Å². The topological polar surface area (TPSA) is 54.7 Å². The van der Waals surface area contributed by atoms with E-state index in [1.165, 1.54) is 6.07 Å². The van der Waals surface area contributed by atoms with Crippen molar-refractivity contribution in [2.24, 2.45) is 5.73 Å². The molecule has 1 fully saturated rings. The third-order valence-corrected chi connectivity index (χ3v) is 3.32. The fourth-order valence-electron chi connectivity index (χ4n) is 2.25. The van der Waals surface area contributed by atoms with Crippen LogP contribution in [0, 0.1) is 5.82 Å². The fraction of sp³-hybridized carbons (Fsp3) is 0.308. The lowest BCUT2D eigenvalue weighted by atomic mass is 9.80. The van der Waals surface area contributed by atoms with Crippen LogP contribution in [0.1, 0.15) is 24.6 Å². The van der Waals surface area contributed by atoms with Gasteiger partial charge in [0.1, 0.15) is 11.6 Å². The molecular formula is C13H14FN3. The molecule has 2 aromatic rings. The van der Waals surface area contributed by atoms with Crippen molar-refractivity contribution in [2.45, 2.75) is 24.8 Å². The zero-order valence-corrected chi connectivity index (χ0v) is 9.36. The summed E-state index contributed by atoms with van der Waals surface area (Å²) in [5.74, 6) is 1.10. The number of nitrogens with two attached hydrogens (primary N) is 1. The molecule has 1 aliphatic carbocycles. The van der Waals surface area contributed by atoms with Gasteiger partial charge in [0.2, 0.25) is 0 Å². The van der Waals surface area contributed by atoms with Crippen molar-refractivity contribution >= 4 is 0 Å². The highest BCUT2D eigenvalue weighted by Gasteiger charge is 2.29. The Labute approximate surface area is 98.9 Å². The Hall–Kier alpha value is -1.68. The summed E-state index contributed by atoms with van der Waals surface area (Å²) in [7, 11) is 0. The molecule has 4 heteroatoms. The summed E-state index contributed by atoms with van der Waals surface area (Å²) in [6.45, 7) is 0. The van der Waals surface area contributed by atoms with Crippen LogP contribution in [-0.2, 0) is 0 Å². The molecule has 1 heterocycles. The highest BCUT2D eigenvalue weighted by atomic mass is 19.1. The quantitative estimate of drug-likeness (QED) is 0.834. The molecule has 1 saturated carbocycles. The molecule has 0 amide bonds. The van der Waals surface area contributed by atoms with Crippen LogP contribution < -0.4 is 5.73 Å². The number of H-pyrrole nitrogens is 1. The van der Waals surface area contributed by atoms with Gasteiger partial charge in [-0.15, -0.1) is 0 Å². The predicted octanol–water partition coefficient (Wildman–Crippen LogP) is 2.42. The monoisotopic (exact) mass is 231 g/mol. The van der Waals surface area contributed by atoms with E-state index in [0.717, 1.165) is 24.4 Å². The minimum atomic E-state index is -0.229. The van der Waals surface area contributed by atoms with Gasteiger partial charge in [0, 0.05) is 17.5 Å². The van der Waals surface area contributed by atoms with E-state index in [0.29, 0.717) is 17.5 Å². The summed E-state index contributed by atoms with van der Waals surface area (Å²) < 4.78 is 13.6. The molecule has 1 aromatic heterocycles. The van der Waals surface area contributed by atoms with Crippen LogP contribution in [0.2, 0.25) is 0 Å². The smallest absolute Gasteiger partial charge is 0.132 e. The second kappa shape index (κ2) is 3.96. The number of benzene rings is 1. The van der Waals surface area contributed by atoms with Gasteiger partial charge in [0.05, 0.1) is 11.9 Å². The van der Waals surface area contributed by atoms with Crippen LogP contribution in [0.5, 0.6) is 0 Å². The van der Waals surface area contributed by atoms with Crippen LogP contribution in [0.3, 0.4) is 0 Å². The number of halogens is 1. The zero-order chi connectivity index (χ0) is 11.8. The summed E-state index contributed by atoms with van der Waals surface area (Å²) in [5, 5.41) is 0. The average Bonchev–Trinajstić information content (AvgIpc) is 2.74. The Balaban J connectivity index is 1.88. The van der Waals surface area contributed by atoms with Gasteiger partial charge in [-0.2, -0.15) is 0 Å². The molecule has 17 heavy (non-hydrogen) atoms. The highest BCUT2D eigenvalue weighted by Crippen LogP contribution is 2.34. The number of aromatic amines is 1. The van der Waals surface area contributed by atoms with E-state index in [1.807, 2.05) is 6.07 Å². The van der Waals surface area contributed by atoms with Gasteiger partial charge in [-0.1, -0.05) is 12.1 Å². The first-order chi connectivity index (χ1) is 8.24. The maximum Gasteiger partial charge on any atom is 0.132 e. The van der Waals surface area contributed by atoms with Crippen molar-refractivity contribution in [2.75, 3.05) is 0 Å². The van der Waals surface area contributed by atoms with E-state index < -0.39 is 0 Å². The normalized spacial score (nSPS) is 23.4.